The van der Waals surface area contributed by atoms with Crippen LogP contribution in [-0.4, -0.2) is 44.2 Å². The number of carbonyl (C=O) groups is 1. The summed E-state index contributed by atoms with van der Waals surface area (Å²) in [5.74, 6) is 0.326. The summed E-state index contributed by atoms with van der Waals surface area (Å²) in [5, 5.41) is 3.74. The predicted molar refractivity (Wildman–Crippen MR) is 131 cm³/mol. The van der Waals surface area contributed by atoms with Crippen molar-refractivity contribution in [2.75, 3.05) is 27.3 Å². The average molecular weight is 463 g/mol. The zero-order valence-corrected chi connectivity index (χ0v) is 19.7. The third-order valence-corrected chi connectivity index (χ3v) is 6.45. The van der Waals surface area contributed by atoms with Gasteiger partial charge in [0.25, 0.3) is 0 Å². The molecule has 1 heterocycles. The molecule has 1 saturated heterocycles. The molecule has 6 heteroatoms. The van der Waals surface area contributed by atoms with E-state index in [9.17, 15) is 9.18 Å². The molecule has 0 aromatic heterocycles. The quantitative estimate of drug-likeness (QED) is 0.479. The Morgan fingerprint density at radius 1 is 1.03 bits per heavy atom. The predicted octanol–water partition coefficient (Wildman–Crippen LogP) is 4.97. The summed E-state index contributed by atoms with van der Waals surface area (Å²) in [6.45, 7) is 1.71. The number of methoxy groups -OCH3 is 2. The number of hydrogen-bond donors (Lipinski definition) is 1. The lowest BCUT2D eigenvalue weighted by atomic mass is 9.90. The van der Waals surface area contributed by atoms with Crippen LogP contribution in [0, 0.1) is 5.82 Å². The summed E-state index contributed by atoms with van der Waals surface area (Å²) in [5.41, 5.74) is 4.17. The van der Waals surface area contributed by atoms with Crippen LogP contribution >= 0.6 is 0 Å². The fraction of sp³-hybridized carbons (Fsp3) is 0.321. The van der Waals surface area contributed by atoms with Gasteiger partial charge < -0.3 is 14.8 Å². The highest BCUT2D eigenvalue weighted by atomic mass is 19.1. The standard InChI is InChI=1S/C28H31FN2O3/c1-33-26-15-12-22(20-10-13-24(29)14-11-20)17-23(26)18-30-25-9-6-16-31(19-27(32)34-2)28(25)21-7-4-3-5-8-21/h3-5,7-8,10-15,17,25,28,30H,6,9,16,18-19H2,1-2H3/t25-,28-/m0/s1. The molecule has 1 fully saturated rings. The number of rotatable bonds is 8. The Morgan fingerprint density at radius 3 is 2.47 bits per heavy atom. The molecule has 2 atom stereocenters. The van der Waals surface area contributed by atoms with Crippen LogP contribution in [0.2, 0.25) is 0 Å². The summed E-state index contributed by atoms with van der Waals surface area (Å²) in [6.07, 6.45) is 1.99. The van der Waals surface area contributed by atoms with Crippen molar-refractivity contribution in [2.45, 2.75) is 31.5 Å². The fourth-order valence-corrected chi connectivity index (χ4v) is 4.76. The number of ether oxygens (including phenoxy) is 2. The van der Waals surface area contributed by atoms with Crippen LogP contribution in [0.1, 0.15) is 30.0 Å². The van der Waals surface area contributed by atoms with Crippen molar-refractivity contribution < 1.29 is 18.7 Å². The molecule has 0 amide bonds. The van der Waals surface area contributed by atoms with Gasteiger partial charge in [-0.2, -0.15) is 0 Å². The first-order valence-corrected chi connectivity index (χ1v) is 11.6. The van der Waals surface area contributed by atoms with Crippen molar-refractivity contribution >= 4 is 5.97 Å². The SMILES string of the molecule is COC(=O)CN1CCC[C@H](NCc2cc(-c3ccc(F)cc3)ccc2OC)[C@@H]1c1ccccc1. The summed E-state index contributed by atoms with van der Waals surface area (Å²) in [4.78, 5) is 14.3. The highest BCUT2D eigenvalue weighted by Gasteiger charge is 2.33. The van der Waals surface area contributed by atoms with Gasteiger partial charge in [0.05, 0.1) is 26.8 Å². The number of carbonyl (C=O) groups excluding carboxylic acids is 1. The lowest BCUT2D eigenvalue weighted by Crippen LogP contribution is -2.49. The molecule has 4 rings (SSSR count). The molecule has 0 aliphatic carbocycles. The van der Waals surface area contributed by atoms with Gasteiger partial charge in [0.15, 0.2) is 0 Å². The first-order valence-electron chi connectivity index (χ1n) is 11.6. The van der Waals surface area contributed by atoms with E-state index in [-0.39, 0.29) is 30.4 Å². The lowest BCUT2D eigenvalue weighted by molar-refractivity contribution is -0.143. The zero-order valence-electron chi connectivity index (χ0n) is 19.7. The second-order valence-corrected chi connectivity index (χ2v) is 8.57. The molecule has 3 aromatic carbocycles. The second-order valence-electron chi connectivity index (χ2n) is 8.57. The molecular formula is C28H31FN2O3. The summed E-state index contributed by atoms with van der Waals surface area (Å²) < 4.78 is 24.0. The highest BCUT2D eigenvalue weighted by molar-refractivity contribution is 5.71. The van der Waals surface area contributed by atoms with E-state index < -0.39 is 0 Å². The fourth-order valence-electron chi connectivity index (χ4n) is 4.76. The molecule has 1 N–H and O–H groups in total. The molecule has 0 radical (unpaired) electrons. The number of piperidine rings is 1. The van der Waals surface area contributed by atoms with Gasteiger partial charge in [0.1, 0.15) is 11.6 Å². The van der Waals surface area contributed by atoms with Crippen LogP contribution in [0.15, 0.2) is 72.8 Å². The number of benzene rings is 3. The van der Waals surface area contributed by atoms with Gasteiger partial charge in [-0.15, -0.1) is 0 Å². The first kappa shape index (κ1) is 23.9. The topological polar surface area (TPSA) is 50.8 Å². The van der Waals surface area contributed by atoms with Crippen molar-refractivity contribution in [3.63, 3.8) is 0 Å². The van der Waals surface area contributed by atoms with Crippen LogP contribution in [0.4, 0.5) is 4.39 Å². The van der Waals surface area contributed by atoms with E-state index >= 15 is 0 Å². The molecule has 3 aromatic rings. The number of halogens is 1. The van der Waals surface area contributed by atoms with Gasteiger partial charge >= 0.3 is 5.97 Å². The first-order chi connectivity index (χ1) is 16.6. The maximum absolute atomic E-state index is 13.4. The second kappa shape index (κ2) is 11.3. The Labute approximate surface area is 200 Å². The van der Waals surface area contributed by atoms with Crippen molar-refractivity contribution in [1.82, 2.24) is 10.2 Å². The van der Waals surface area contributed by atoms with Gasteiger partial charge in [0.2, 0.25) is 0 Å². The number of hydrogen-bond acceptors (Lipinski definition) is 5. The Bertz CT molecular complexity index is 1090. The molecule has 0 spiro atoms. The average Bonchev–Trinajstić information content (AvgIpc) is 2.88. The molecule has 1 aliphatic heterocycles. The van der Waals surface area contributed by atoms with Gasteiger partial charge in [-0.1, -0.05) is 48.5 Å². The summed E-state index contributed by atoms with van der Waals surface area (Å²) >= 11 is 0. The minimum Gasteiger partial charge on any atom is -0.496 e. The maximum atomic E-state index is 13.4. The van der Waals surface area contributed by atoms with Crippen LogP contribution in [0.25, 0.3) is 11.1 Å². The largest absolute Gasteiger partial charge is 0.496 e. The third-order valence-electron chi connectivity index (χ3n) is 6.45. The number of nitrogens with zero attached hydrogens (tertiary/aromatic N) is 1. The molecule has 5 nitrogen and oxygen atoms in total. The van der Waals surface area contributed by atoms with Crippen molar-refractivity contribution in [1.29, 1.82) is 0 Å². The minimum atomic E-state index is -0.250. The number of likely N-dealkylation sites (tertiary alicyclic amines) is 1. The van der Waals surface area contributed by atoms with Gasteiger partial charge in [-0.3, -0.25) is 9.69 Å². The minimum absolute atomic E-state index is 0.0559. The molecule has 0 bridgehead atoms. The smallest absolute Gasteiger partial charge is 0.319 e. The van der Waals surface area contributed by atoms with Crippen LogP contribution in [0.3, 0.4) is 0 Å². The molecule has 34 heavy (non-hydrogen) atoms. The Kier molecular flexibility index (Phi) is 7.93. The molecular weight excluding hydrogens is 431 g/mol. The van der Waals surface area contributed by atoms with Gasteiger partial charge in [-0.05, 0) is 60.3 Å². The monoisotopic (exact) mass is 462 g/mol. The highest BCUT2D eigenvalue weighted by Crippen LogP contribution is 2.32. The Balaban J connectivity index is 1.57. The van der Waals surface area contributed by atoms with E-state index in [2.05, 4.69) is 28.4 Å². The number of nitrogens with one attached hydrogen (secondary N) is 1. The van der Waals surface area contributed by atoms with E-state index in [0.717, 1.165) is 41.8 Å². The van der Waals surface area contributed by atoms with E-state index in [1.54, 1.807) is 19.2 Å². The van der Waals surface area contributed by atoms with Gasteiger partial charge in [-0.25, -0.2) is 4.39 Å². The molecule has 178 valence electrons. The lowest BCUT2D eigenvalue weighted by Gasteiger charge is -2.41. The van der Waals surface area contributed by atoms with Crippen molar-refractivity contribution in [3.8, 4) is 16.9 Å². The zero-order chi connectivity index (χ0) is 23.9. The Morgan fingerprint density at radius 2 is 1.76 bits per heavy atom. The Hall–Kier alpha value is -3.22. The van der Waals surface area contributed by atoms with E-state index in [4.69, 9.17) is 9.47 Å². The summed E-state index contributed by atoms with van der Waals surface area (Å²) in [6, 6.07) is 23.1. The van der Waals surface area contributed by atoms with Crippen LogP contribution in [-0.2, 0) is 16.1 Å². The maximum Gasteiger partial charge on any atom is 0.319 e. The van der Waals surface area contributed by atoms with Crippen LogP contribution < -0.4 is 10.1 Å². The number of esters is 1. The van der Waals surface area contributed by atoms with E-state index in [0.29, 0.717) is 6.54 Å². The van der Waals surface area contributed by atoms with Crippen molar-refractivity contribution in [2.24, 2.45) is 0 Å². The van der Waals surface area contributed by atoms with E-state index in [1.807, 2.05) is 30.3 Å². The molecule has 1 aliphatic rings. The van der Waals surface area contributed by atoms with Gasteiger partial charge in [0, 0.05) is 18.2 Å². The summed E-state index contributed by atoms with van der Waals surface area (Å²) in [7, 11) is 3.10. The van der Waals surface area contributed by atoms with E-state index in [1.165, 1.54) is 24.8 Å². The normalized spacial score (nSPS) is 18.4. The molecule has 0 saturated carbocycles. The third kappa shape index (κ3) is 5.64. The van der Waals surface area contributed by atoms with Crippen LogP contribution in [0.5, 0.6) is 5.75 Å². The van der Waals surface area contributed by atoms with Crippen molar-refractivity contribution in [3.05, 3.63) is 89.7 Å². The molecule has 0 unspecified atom stereocenters.